The molecule has 0 aromatic rings. The molecule has 4 unspecified atom stereocenters. The summed E-state index contributed by atoms with van der Waals surface area (Å²) in [6.07, 6.45) is -1.17. The Labute approximate surface area is 223 Å². The van der Waals surface area contributed by atoms with E-state index in [1.165, 1.54) is 0 Å². The number of nitrogens with one attached hydrogen (secondary N) is 3. The molecule has 0 aliphatic heterocycles. The van der Waals surface area contributed by atoms with E-state index in [9.17, 15) is 39.0 Å². The van der Waals surface area contributed by atoms with Crippen LogP contribution in [0.4, 0.5) is 0 Å². The molecule has 39 heavy (non-hydrogen) atoms. The van der Waals surface area contributed by atoms with Crippen LogP contribution in [0.1, 0.15) is 38.5 Å². The van der Waals surface area contributed by atoms with Gasteiger partial charge in [0.15, 0.2) is 11.9 Å². The van der Waals surface area contributed by atoms with Crippen LogP contribution in [0.25, 0.3) is 0 Å². The van der Waals surface area contributed by atoms with Gasteiger partial charge in [-0.1, -0.05) is 0 Å². The third-order valence-corrected chi connectivity index (χ3v) is 4.91. The highest BCUT2D eigenvalue weighted by Gasteiger charge is 2.31. The van der Waals surface area contributed by atoms with Gasteiger partial charge in [0.25, 0.3) is 0 Å². The van der Waals surface area contributed by atoms with Crippen molar-refractivity contribution >= 4 is 47.5 Å². The van der Waals surface area contributed by atoms with E-state index in [-0.39, 0.29) is 44.3 Å². The summed E-state index contributed by atoms with van der Waals surface area (Å²) in [4.78, 5) is 79.5. The second-order valence-electron chi connectivity index (χ2n) is 8.29. The molecule has 0 rings (SSSR count). The quantitative estimate of drug-likeness (QED) is 0.0399. The number of aliphatic imine (C=N–C) groups is 2. The minimum absolute atomic E-state index is 0.0373. The predicted octanol–water partition coefficient (Wildman–Crippen LogP) is -5.69. The summed E-state index contributed by atoms with van der Waals surface area (Å²) in [6, 6.07) is -5.90. The van der Waals surface area contributed by atoms with Gasteiger partial charge in [0, 0.05) is 13.1 Å². The molecule has 0 aromatic heterocycles. The number of hydrogen-bond acceptors (Lipinski definition) is 9. The number of aliphatic carboxylic acids is 2. The number of nitrogens with zero attached hydrogens (tertiary/aromatic N) is 2. The van der Waals surface area contributed by atoms with Crippen molar-refractivity contribution in [2.24, 2.45) is 44.4 Å². The first kappa shape index (κ1) is 34.3. The molecular formula is C20H37N11O8. The van der Waals surface area contributed by atoms with Gasteiger partial charge in [-0.3, -0.25) is 34.0 Å². The van der Waals surface area contributed by atoms with Gasteiger partial charge in [-0.25, -0.2) is 4.79 Å². The maximum absolute atomic E-state index is 12.9. The van der Waals surface area contributed by atoms with Crippen molar-refractivity contribution in [1.29, 1.82) is 0 Å². The first-order chi connectivity index (χ1) is 18.1. The van der Waals surface area contributed by atoms with Crippen LogP contribution in [0.2, 0.25) is 0 Å². The molecule has 220 valence electrons. The van der Waals surface area contributed by atoms with Crippen LogP contribution in [-0.2, 0) is 28.8 Å². The SMILES string of the molecule is NC(=O)CC(NC(=O)C(CCCN=C(N)N)NC(=O)C(CC(=O)O)NC(=O)C(N)CCCN=C(N)N)C(=O)O. The first-order valence-electron chi connectivity index (χ1n) is 11.6. The number of nitrogens with two attached hydrogens (primary N) is 6. The van der Waals surface area contributed by atoms with Crippen molar-refractivity contribution in [3.63, 3.8) is 0 Å². The van der Waals surface area contributed by atoms with E-state index >= 15 is 0 Å². The average molecular weight is 560 g/mol. The van der Waals surface area contributed by atoms with Crippen LogP contribution < -0.4 is 50.4 Å². The number of carboxylic acids is 2. The fourth-order valence-electron chi connectivity index (χ4n) is 3.03. The van der Waals surface area contributed by atoms with Crippen molar-refractivity contribution < 1.29 is 39.0 Å². The van der Waals surface area contributed by atoms with Gasteiger partial charge in [-0.05, 0) is 25.7 Å². The van der Waals surface area contributed by atoms with Crippen molar-refractivity contribution in [3.05, 3.63) is 0 Å². The molecule has 4 amide bonds. The van der Waals surface area contributed by atoms with E-state index in [0.29, 0.717) is 6.42 Å². The zero-order chi connectivity index (χ0) is 30.1. The lowest BCUT2D eigenvalue weighted by atomic mass is 10.1. The second-order valence-corrected chi connectivity index (χ2v) is 8.29. The standard InChI is InChI=1S/C20H37N11O8/c21-9(3-1-5-27-19(23)24)15(35)30-11(8-14(33)34)17(37)29-10(4-2-6-28-20(25)26)16(36)31-12(18(38)39)7-13(22)32/h9-12H,1-8,21H2,(H2,22,32)(H,29,37)(H,30,35)(H,31,36)(H,33,34)(H,38,39)(H4,23,24,27)(H4,25,26,28). The molecule has 0 aromatic carbocycles. The highest BCUT2D eigenvalue weighted by atomic mass is 16.4. The van der Waals surface area contributed by atoms with Gasteiger partial charge in [0.05, 0.1) is 18.9 Å². The molecule has 19 heteroatoms. The molecular weight excluding hydrogens is 522 g/mol. The Kier molecular flexibility index (Phi) is 15.6. The second kappa shape index (κ2) is 17.7. The average Bonchev–Trinajstić information content (AvgIpc) is 2.81. The van der Waals surface area contributed by atoms with E-state index < -0.39 is 72.6 Å². The maximum Gasteiger partial charge on any atom is 0.326 e. The van der Waals surface area contributed by atoms with Gasteiger partial charge in [0.1, 0.15) is 18.1 Å². The smallest absolute Gasteiger partial charge is 0.326 e. The minimum atomic E-state index is -1.70. The number of amides is 4. The minimum Gasteiger partial charge on any atom is -0.481 e. The van der Waals surface area contributed by atoms with E-state index in [1.54, 1.807) is 0 Å². The molecule has 0 radical (unpaired) electrons. The fourth-order valence-corrected chi connectivity index (χ4v) is 3.03. The Morgan fingerprint density at radius 1 is 0.641 bits per heavy atom. The number of carboxylic acid groups (broad SMARTS) is 2. The summed E-state index contributed by atoms with van der Waals surface area (Å²) in [6.45, 7) is 0.224. The molecule has 0 saturated heterocycles. The summed E-state index contributed by atoms with van der Waals surface area (Å²) in [5.74, 6) is -7.31. The first-order valence-corrected chi connectivity index (χ1v) is 11.6. The van der Waals surface area contributed by atoms with Crippen LogP contribution in [0.5, 0.6) is 0 Å². The molecule has 4 atom stereocenters. The lowest BCUT2D eigenvalue weighted by molar-refractivity contribution is -0.144. The third-order valence-electron chi connectivity index (χ3n) is 4.91. The fraction of sp³-hybridized carbons (Fsp3) is 0.600. The molecule has 0 heterocycles. The lowest BCUT2D eigenvalue weighted by Crippen LogP contribution is -2.57. The highest BCUT2D eigenvalue weighted by Crippen LogP contribution is 2.05. The Morgan fingerprint density at radius 2 is 1.10 bits per heavy atom. The van der Waals surface area contributed by atoms with Crippen LogP contribution in [0.3, 0.4) is 0 Å². The van der Waals surface area contributed by atoms with E-state index in [2.05, 4.69) is 25.9 Å². The van der Waals surface area contributed by atoms with Gasteiger partial charge in [-0.2, -0.15) is 0 Å². The Balaban J connectivity index is 5.60. The summed E-state index contributed by atoms with van der Waals surface area (Å²) < 4.78 is 0. The van der Waals surface area contributed by atoms with E-state index in [4.69, 9.17) is 34.4 Å². The molecule has 0 saturated carbocycles. The number of hydrogen-bond donors (Lipinski definition) is 11. The summed E-state index contributed by atoms with van der Waals surface area (Å²) >= 11 is 0. The zero-order valence-corrected chi connectivity index (χ0v) is 21.2. The van der Waals surface area contributed by atoms with Crippen molar-refractivity contribution in [1.82, 2.24) is 16.0 Å². The van der Waals surface area contributed by atoms with Gasteiger partial charge in [-0.15, -0.1) is 0 Å². The summed E-state index contributed by atoms with van der Waals surface area (Å²) in [5, 5.41) is 25.1. The monoisotopic (exact) mass is 559 g/mol. The number of rotatable bonds is 19. The lowest BCUT2D eigenvalue weighted by Gasteiger charge is -2.24. The third kappa shape index (κ3) is 15.9. The molecule has 0 spiro atoms. The van der Waals surface area contributed by atoms with Crippen molar-refractivity contribution in [2.45, 2.75) is 62.7 Å². The summed E-state index contributed by atoms with van der Waals surface area (Å²) in [5.41, 5.74) is 31.7. The van der Waals surface area contributed by atoms with Gasteiger partial charge >= 0.3 is 11.9 Å². The number of carbonyl (C=O) groups excluding carboxylic acids is 4. The van der Waals surface area contributed by atoms with Gasteiger partial charge < -0.3 is 60.6 Å². The summed E-state index contributed by atoms with van der Waals surface area (Å²) in [7, 11) is 0. The molecule has 0 aliphatic carbocycles. The Morgan fingerprint density at radius 3 is 1.56 bits per heavy atom. The van der Waals surface area contributed by atoms with Gasteiger partial charge in [0.2, 0.25) is 23.6 Å². The maximum atomic E-state index is 12.9. The normalized spacial score (nSPS) is 13.5. The Hall–Kier alpha value is -4.68. The van der Waals surface area contributed by atoms with Crippen molar-refractivity contribution in [2.75, 3.05) is 13.1 Å². The number of carbonyl (C=O) groups is 6. The molecule has 17 N–H and O–H groups in total. The molecule has 19 nitrogen and oxygen atoms in total. The van der Waals surface area contributed by atoms with E-state index in [0.717, 1.165) is 0 Å². The number of guanidine groups is 2. The topological polar surface area (TPSA) is 360 Å². The zero-order valence-electron chi connectivity index (χ0n) is 21.2. The predicted molar refractivity (Wildman–Crippen MR) is 137 cm³/mol. The van der Waals surface area contributed by atoms with Crippen molar-refractivity contribution in [3.8, 4) is 0 Å². The molecule has 0 aliphatic rings. The Bertz CT molecular complexity index is 948. The van der Waals surface area contributed by atoms with Crippen LogP contribution in [0, 0.1) is 0 Å². The molecule has 0 bridgehead atoms. The van der Waals surface area contributed by atoms with E-state index in [1.807, 2.05) is 0 Å². The van der Waals surface area contributed by atoms with Crippen LogP contribution >= 0.6 is 0 Å². The molecule has 0 fully saturated rings. The number of primary amides is 1. The van der Waals surface area contributed by atoms with Crippen LogP contribution in [-0.4, -0.2) is 95.0 Å². The van der Waals surface area contributed by atoms with Crippen LogP contribution in [0.15, 0.2) is 9.98 Å². The highest BCUT2D eigenvalue weighted by molar-refractivity contribution is 5.96. The largest absolute Gasteiger partial charge is 0.481 e.